The van der Waals surface area contributed by atoms with Crippen molar-refractivity contribution in [2.75, 3.05) is 13.2 Å². The first-order valence-electron chi connectivity index (χ1n) is 19.4. The van der Waals surface area contributed by atoms with Crippen molar-refractivity contribution >= 4 is 11.9 Å². The molecular weight excluding hydrogens is 604 g/mol. The molecule has 0 fully saturated rings. The van der Waals surface area contributed by atoms with Crippen LogP contribution in [0.4, 0.5) is 0 Å². The second kappa shape index (κ2) is 36.1. The van der Waals surface area contributed by atoms with Crippen LogP contribution in [-0.4, -0.2) is 58.8 Å². The fourth-order valence-corrected chi connectivity index (χ4v) is 5.30. The monoisotopic (exact) mass is 677 g/mol. The van der Waals surface area contributed by atoms with E-state index >= 15 is 0 Å². The standard InChI is InChI=1S/C41H72O7/c1-3-5-7-8-9-10-11-12-13-14-15-16-20-23-27-33-41(46)48-39(35-42)36-47-40(45)34-28-32-38(44)31-26-22-19-17-18-21-25-30-37(43)29-24-6-4-2/h18-19,21-22,25-26,30-31,37-39,42-44H,3-17,20,23-24,27-29,32-36H2,1-2H3/b21-18-,22-19-,30-25+,31-26+/t37-,38-,39-/m0/s1. The van der Waals surface area contributed by atoms with Gasteiger partial charge in [-0.25, -0.2) is 0 Å². The molecule has 3 N–H and O–H groups in total. The molecule has 0 saturated carbocycles. The van der Waals surface area contributed by atoms with Crippen LogP contribution in [0.25, 0.3) is 0 Å². The summed E-state index contributed by atoms with van der Waals surface area (Å²) in [6.45, 7) is 3.84. The maximum atomic E-state index is 12.2. The van der Waals surface area contributed by atoms with Crippen molar-refractivity contribution in [2.45, 2.75) is 186 Å². The summed E-state index contributed by atoms with van der Waals surface area (Å²) in [5.74, 6) is -0.818. The van der Waals surface area contributed by atoms with E-state index in [0.29, 0.717) is 19.3 Å². The molecule has 0 rings (SSSR count). The van der Waals surface area contributed by atoms with E-state index in [1.165, 1.54) is 77.0 Å². The van der Waals surface area contributed by atoms with Crippen molar-refractivity contribution < 1.29 is 34.4 Å². The van der Waals surface area contributed by atoms with Gasteiger partial charge in [0.15, 0.2) is 6.10 Å². The van der Waals surface area contributed by atoms with E-state index in [9.17, 15) is 24.9 Å². The van der Waals surface area contributed by atoms with Crippen LogP contribution in [0.1, 0.15) is 168 Å². The van der Waals surface area contributed by atoms with E-state index in [-0.39, 0.29) is 25.1 Å². The lowest BCUT2D eigenvalue weighted by Crippen LogP contribution is -2.28. The minimum absolute atomic E-state index is 0.136. The van der Waals surface area contributed by atoms with Gasteiger partial charge in [-0.1, -0.05) is 172 Å². The van der Waals surface area contributed by atoms with Crippen molar-refractivity contribution in [1.29, 1.82) is 0 Å². The molecule has 0 aromatic heterocycles. The number of carbonyl (C=O) groups excluding carboxylic acids is 2. The summed E-state index contributed by atoms with van der Waals surface area (Å²) >= 11 is 0. The van der Waals surface area contributed by atoms with Crippen LogP contribution in [0.3, 0.4) is 0 Å². The first kappa shape index (κ1) is 45.8. The summed E-state index contributed by atoms with van der Waals surface area (Å²) in [5.41, 5.74) is 0. The molecule has 0 aliphatic rings. The number of rotatable bonds is 34. The molecule has 0 amide bonds. The average molecular weight is 677 g/mol. The molecule has 278 valence electrons. The van der Waals surface area contributed by atoms with Crippen LogP contribution < -0.4 is 0 Å². The number of hydrogen-bond donors (Lipinski definition) is 3. The van der Waals surface area contributed by atoms with Gasteiger partial charge in [-0.15, -0.1) is 0 Å². The largest absolute Gasteiger partial charge is 0.462 e. The summed E-state index contributed by atoms with van der Waals surface area (Å²) in [6, 6.07) is 0. The van der Waals surface area contributed by atoms with E-state index in [2.05, 4.69) is 13.8 Å². The second-order valence-corrected chi connectivity index (χ2v) is 13.1. The Morgan fingerprint density at radius 2 is 1.00 bits per heavy atom. The highest BCUT2D eigenvalue weighted by Gasteiger charge is 2.16. The highest BCUT2D eigenvalue weighted by atomic mass is 16.6. The molecule has 0 heterocycles. The van der Waals surface area contributed by atoms with Crippen LogP contribution in [0, 0.1) is 0 Å². The molecule has 0 spiro atoms. The lowest BCUT2D eigenvalue weighted by atomic mass is 10.0. The Morgan fingerprint density at radius 3 is 1.50 bits per heavy atom. The number of hydrogen-bond acceptors (Lipinski definition) is 7. The summed E-state index contributed by atoms with van der Waals surface area (Å²) in [7, 11) is 0. The van der Waals surface area contributed by atoms with Gasteiger partial charge in [0.2, 0.25) is 0 Å². The van der Waals surface area contributed by atoms with Gasteiger partial charge in [0.25, 0.3) is 0 Å². The zero-order valence-corrected chi connectivity index (χ0v) is 30.7. The van der Waals surface area contributed by atoms with Gasteiger partial charge in [0, 0.05) is 12.8 Å². The van der Waals surface area contributed by atoms with Gasteiger partial charge < -0.3 is 24.8 Å². The Bertz CT molecular complexity index is 848. The topological polar surface area (TPSA) is 113 Å². The Kier molecular flexibility index (Phi) is 34.4. The summed E-state index contributed by atoms with van der Waals surface area (Å²) in [4.78, 5) is 24.2. The first-order chi connectivity index (χ1) is 23.4. The number of ether oxygens (including phenoxy) is 2. The molecule has 0 aromatic carbocycles. The van der Waals surface area contributed by atoms with Gasteiger partial charge in [-0.2, -0.15) is 0 Å². The SMILES string of the molecule is CCCCCCCCCCCCCCCCCC(=O)O[C@@H](CO)COC(=O)CCC[C@@H](O)/C=C/C=C\C/C=C\C=C\[C@@H](O)CCCCC. The number of aliphatic hydroxyl groups excluding tert-OH is 3. The van der Waals surface area contributed by atoms with E-state index in [4.69, 9.17) is 9.47 Å². The predicted molar refractivity (Wildman–Crippen MR) is 199 cm³/mol. The third kappa shape index (κ3) is 33.7. The average Bonchev–Trinajstić information content (AvgIpc) is 3.07. The molecule has 7 heteroatoms. The van der Waals surface area contributed by atoms with Crippen molar-refractivity contribution in [2.24, 2.45) is 0 Å². The zero-order valence-electron chi connectivity index (χ0n) is 30.7. The van der Waals surface area contributed by atoms with Crippen molar-refractivity contribution in [3.8, 4) is 0 Å². The van der Waals surface area contributed by atoms with E-state index < -0.39 is 24.8 Å². The molecular formula is C41H72O7. The molecule has 0 radical (unpaired) electrons. The molecule has 0 aromatic rings. The van der Waals surface area contributed by atoms with Crippen LogP contribution in [0.5, 0.6) is 0 Å². The Labute approximate surface area is 294 Å². The summed E-state index contributed by atoms with van der Waals surface area (Å²) < 4.78 is 10.5. The fourth-order valence-electron chi connectivity index (χ4n) is 5.30. The van der Waals surface area contributed by atoms with E-state index in [1.54, 1.807) is 12.2 Å². The van der Waals surface area contributed by atoms with Crippen molar-refractivity contribution in [1.82, 2.24) is 0 Å². The third-order valence-corrected chi connectivity index (χ3v) is 8.33. The van der Waals surface area contributed by atoms with Crippen LogP contribution >= 0.6 is 0 Å². The molecule has 0 saturated heterocycles. The number of esters is 2. The Hall–Kier alpha value is -2.22. The summed E-state index contributed by atoms with van der Waals surface area (Å²) in [5, 5.41) is 29.5. The van der Waals surface area contributed by atoms with Gasteiger partial charge in [0.05, 0.1) is 18.8 Å². The molecule has 0 aliphatic carbocycles. The Balaban J connectivity index is 3.81. The Morgan fingerprint density at radius 1 is 0.562 bits per heavy atom. The molecule has 0 aliphatic heterocycles. The maximum Gasteiger partial charge on any atom is 0.306 e. The number of unbranched alkanes of at least 4 members (excludes halogenated alkanes) is 16. The van der Waals surface area contributed by atoms with E-state index in [1.807, 2.05) is 36.5 Å². The first-order valence-corrected chi connectivity index (χ1v) is 19.4. The molecule has 0 bridgehead atoms. The number of aliphatic hydroxyl groups is 3. The predicted octanol–water partition coefficient (Wildman–Crippen LogP) is 9.78. The normalized spacial score (nSPS) is 14.0. The quantitative estimate of drug-likeness (QED) is 0.0353. The summed E-state index contributed by atoms with van der Waals surface area (Å²) in [6.07, 6.45) is 38.1. The number of carbonyl (C=O) groups is 2. The molecule has 3 atom stereocenters. The van der Waals surface area contributed by atoms with Crippen LogP contribution in [0.2, 0.25) is 0 Å². The fraction of sp³-hybridized carbons (Fsp3) is 0.756. The lowest BCUT2D eigenvalue weighted by molar-refractivity contribution is -0.161. The van der Waals surface area contributed by atoms with Crippen LogP contribution in [-0.2, 0) is 19.1 Å². The highest BCUT2D eigenvalue weighted by molar-refractivity contribution is 5.70. The third-order valence-electron chi connectivity index (χ3n) is 8.33. The van der Waals surface area contributed by atoms with Gasteiger partial charge in [-0.05, 0) is 32.1 Å². The van der Waals surface area contributed by atoms with Crippen molar-refractivity contribution in [3.05, 3.63) is 48.6 Å². The lowest BCUT2D eigenvalue weighted by Gasteiger charge is -2.16. The zero-order chi connectivity index (χ0) is 35.3. The minimum Gasteiger partial charge on any atom is -0.462 e. The van der Waals surface area contributed by atoms with Crippen molar-refractivity contribution in [3.63, 3.8) is 0 Å². The maximum absolute atomic E-state index is 12.2. The molecule has 0 unspecified atom stereocenters. The highest BCUT2D eigenvalue weighted by Crippen LogP contribution is 2.14. The van der Waals surface area contributed by atoms with E-state index in [0.717, 1.165) is 51.4 Å². The molecule has 48 heavy (non-hydrogen) atoms. The van der Waals surface area contributed by atoms with Crippen LogP contribution in [0.15, 0.2) is 48.6 Å². The number of allylic oxidation sites excluding steroid dienone is 6. The van der Waals surface area contributed by atoms with Gasteiger partial charge >= 0.3 is 11.9 Å². The van der Waals surface area contributed by atoms with Gasteiger partial charge in [-0.3, -0.25) is 9.59 Å². The smallest absolute Gasteiger partial charge is 0.306 e. The molecule has 7 nitrogen and oxygen atoms in total. The van der Waals surface area contributed by atoms with Gasteiger partial charge in [0.1, 0.15) is 6.61 Å². The second-order valence-electron chi connectivity index (χ2n) is 13.1. The minimum atomic E-state index is -0.855.